The molecule has 2 aromatic rings. The molecule has 0 atom stereocenters. The van der Waals surface area contributed by atoms with Crippen LogP contribution in [0.25, 0.3) is 11.0 Å². The van der Waals surface area contributed by atoms with Crippen molar-refractivity contribution in [3.05, 3.63) is 35.1 Å². The number of methoxy groups -OCH3 is 1. The summed E-state index contributed by atoms with van der Waals surface area (Å²) < 4.78 is 11.4. The quantitative estimate of drug-likeness (QED) is 0.821. The monoisotopic (exact) mass is 289 g/mol. The van der Waals surface area contributed by atoms with Gasteiger partial charge in [0.15, 0.2) is 0 Å². The van der Waals surface area contributed by atoms with Crippen molar-refractivity contribution in [2.75, 3.05) is 13.7 Å². The summed E-state index contributed by atoms with van der Waals surface area (Å²) in [7, 11) is 1.73. The molecule has 0 radical (unpaired) electrons. The summed E-state index contributed by atoms with van der Waals surface area (Å²) in [5.74, 6) is 0.986. The first-order valence-corrected chi connectivity index (χ1v) is 7.78. The lowest BCUT2D eigenvalue weighted by atomic mass is 9.82. The highest BCUT2D eigenvalue weighted by Crippen LogP contribution is 2.33. The molecule has 0 saturated carbocycles. The standard InChI is InChI=1S/C18H27NO2/c1-6-18(3,4)13-8-9-16-14(10-13)15(12-20-5)17(21-16)11-19-7-2/h8-10,19H,6-7,11-12H2,1-5H3. The minimum Gasteiger partial charge on any atom is -0.459 e. The third kappa shape index (κ3) is 3.30. The van der Waals surface area contributed by atoms with Crippen molar-refractivity contribution in [2.24, 2.45) is 0 Å². The number of furan rings is 1. The number of fused-ring (bicyclic) bond motifs is 1. The third-order valence-electron chi connectivity index (χ3n) is 4.36. The molecule has 1 N–H and O–H groups in total. The zero-order valence-corrected chi connectivity index (χ0v) is 13.9. The van der Waals surface area contributed by atoms with Gasteiger partial charge in [0.05, 0.1) is 13.2 Å². The van der Waals surface area contributed by atoms with Crippen LogP contribution < -0.4 is 5.32 Å². The molecule has 2 rings (SSSR count). The maximum absolute atomic E-state index is 6.01. The van der Waals surface area contributed by atoms with Gasteiger partial charge in [0.2, 0.25) is 0 Å². The van der Waals surface area contributed by atoms with E-state index in [0.29, 0.717) is 6.61 Å². The molecule has 3 heteroatoms. The molecule has 0 aliphatic carbocycles. The van der Waals surface area contributed by atoms with E-state index in [-0.39, 0.29) is 5.41 Å². The number of benzene rings is 1. The Morgan fingerprint density at radius 1 is 1.24 bits per heavy atom. The second kappa shape index (κ2) is 6.63. The minimum absolute atomic E-state index is 0.178. The molecule has 0 fully saturated rings. The molecule has 21 heavy (non-hydrogen) atoms. The number of hydrogen-bond acceptors (Lipinski definition) is 3. The van der Waals surface area contributed by atoms with Crippen molar-refractivity contribution in [3.8, 4) is 0 Å². The van der Waals surface area contributed by atoms with Gasteiger partial charge in [-0.15, -0.1) is 0 Å². The first-order chi connectivity index (χ1) is 10.0. The number of ether oxygens (including phenoxy) is 1. The Morgan fingerprint density at radius 2 is 2.00 bits per heavy atom. The Hall–Kier alpha value is -1.32. The van der Waals surface area contributed by atoms with Gasteiger partial charge in [-0.25, -0.2) is 0 Å². The van der Waals surface area contributed by atoms with Crippen LogP contribution >= 0.6 is 0 Å². The lowest BCUT2D eigenvalue weighted by Gasteiger charge is -2.23. The molecule has 0 aliphatic heterocycles. The largest absolute Gasteiger partial charge is 0.459 e. The van der Waals surface area contributed by atoms with Crippen LogP contribution in [-0.2, 0) is 23.3 Å². The molecule has 0 amide bonds. The van der Waals surface area contributed by atoms with E-state index in [9.17, 15) is 0 Å². The average Bonchev–Trinajstić information content (AvgIpc) is 2.83. The van der Waals surface area contributed by atoms with Crippen LogP contribution in [0.5, 0.6) is 0 Å². The summed E-state index contributed by atoms with van der Waals surface area (Å²) in [4.78, 5) is 0. The van der Waals surface area contributed by atoms with Crippen LogP contribution in [0.2, 0.25) is 0 Å². The summed E-state index contributed by atoms with van der Waals surface area (Å²) in [6, 6.07) is 6.55. The number of hydrogen-bond donors (Lipinski definition) is 1. The van der Waals surface area contributed by atoms with Gasteiger partial charge in [0.1, 0.15) is 11.3 Å². The molecule has 3 nitrogen and oxygen atoms in total. The molecule has 0 saturated heterocycles. The van der Waals surface area contributed by atoms with E-state index in [0.717, 1.165) is 30.9 Å². The van der Waals surface area contributed by atoms with Crippen molar-refractivity contribution >= 4 is 11.0 Å². The van der Waals surface area contributed by atoms with E-state index < -0.39 is 0 Å². The summed E-state index contributed by atoms with van der Waals surface area (Å²) >= 11 is 0. The third-order valence-corrected chi connectivity index (χ3v) is 4.36. The van der Waals surface area contributed by atoms with Gasteiger partial charge in [-0.05, 0) is 36.1 Å². The van der Waals surface area contributed by atoms with Crippen LogP contribution in [0, 0.1) is 0 Å². The SMILES string of the molecule is CCNCc1oc2ccc(C(C)(C)CC)cc2c1COC. The fourth-order valence-electron chi connectivity index (χ4n) is 2.51. The van der Waals surface area contributed by atoms with Crippen LogP contribution in [0.1, 0.15) is 51.0 Å². The Balaban J connectivity index is 2.51. The molecule has 0 unspecified atom stereocenters. The summed E-state index contributed by atoms with van der Waals surface area (Å²) in [5, 5.41) is 4.52. The van der Waals surface area contributed by atoms with Crippen molar-refractivity contribution in [1.29, 1.82) is 0 Å². The normalized spacial score (nSPS) is 12.2. The van der Waals surface area contributed by atoms with E-state index in [1.165, 1.54) is 16.5 Å². The van der Waals surface area contributed by atoms with Gasteiger partial charge in [-0.2, -0.15) is 0 Å². The number of nitrogens with one attached hydrogen (secondary N) is 1. The molecule has 0 spiro atoms. The van der Waals surface area contributed by atoms with Crippen molar-refractivity contribution in [2.45, 2.75) is 52.7 Å². The Bertz CT molecular complexity index is 599. The summed E-state index contributed by atoms with van der Waals surface area (Å²) in [6.45, 7) is 11.2. The average molecular weight is 289 g/mol. The van der Waals surface area contributed by atoms with Crippen LogP contribution in [0.3, 0.4) is 0 Å². The van der Waals surface area contributed by atoms with Gasteiger partial charge in [0.25, 0.3) is 0 Å². The lowest BCUT2D eigenvalue weighted by Crippen LogP contribution is -2.15. The van der Waals surface area contributed by atoms with E-state index in [1.54, 1.807) is 7.11 Å². The topological polar surface area (TPSA) is 34.4 Å². The molecule has 116 valence electrons. The van der Waals surface area contributed by atoms with Gasteiger partial charge in [-0.1, -0.05) is 33.8 Å². The zero-order chi connectivity index (χ0) is 15.5. The molecular weight excluding hydrogens is 262 g/mol. The predicted octanol–water partition coefficient (Wildman–Crippen LogP) is 4.38. The highest BCUT2D eigenvalue weighted by Gasteiger charge is 2.21. The highest BCUT2D eigenvalue weighted by atomic mass is 16.5. The maximum atomic E-state index is 6.01. The second-order valence-electron chi connectivity index (χ2n) is 6.17. The van der Waals surface area contributed by atoms with Crippen molar-refractivity contribution < 1.29 is 9.15 Å². The van der Waals surface area contributed by atoms with Gasteiger partial charge in [-0.3, -0.25) is 0 Å². The highest BCUT2D eigenvalue weighted by molar-refractivity contribution is 5.83. The lowest BCUT2D eigenvalue weighted by molar-refractivity contribution is 0.183. The minimum atomic E-state index is 0.178. The fraction of sp³-hybridized carbons (Fsp3) is 0.556. The van der Waals surface area contributed by atoms with E-state index >= 15 is 0 Å². The van der Waals surface area contributed by atoms with Crippen LogP contribution in [0.4, 0.5) is 0 Å². The first-order valence-electron chi connectivity index (χ1n) is 7.78. The van der Waals surface area contributed by atoms with Crippen molar-refractivity contribution in [3.63, 3.8) is 0 Å². The Kier molecular flexibility index (Phi) is 5.07. The van der Waals surface area contributed by atoms with Crippen LogP contribution in [0.15, 0.2) is 22.6 Å². The van der Waals surface area contributed by atoms with E-state index in [1.807, 2.05) is 0 Å². The number of rotatable bonds is 7. The zero-order valence-electron chi connectivity index (χ0n) is 13.9. The molecule has 1 aromatic carbocycles. The van der Waals surface area contributed by atoms with Gasteiger partial charge >= 0.3 is 0 Å². The fourth-order valence-corrected chi connectivity index (χ4v) is 2.51. The van der Waals surface area contributed by atoms with Crippen molar-refractivity contribution in [1.82, 2.24) is 5.32 Å². The predicted molar refractivity (Wildman–Crippen MR) is 87.6 cm³/mol. The molecule has 0 bridgehead atoms. The molecule has 1 heterocycles. The second-order valence-corrected chi connectivity index (χ2v) is 6.17. The Labute approximate surface area is 127 Å². The van der Waals surface area contributed by atoms with E-state index in [2.05, 4.69) is 51.2 Å². The Morgan fingerprint density at radius 3 is 2.62 bits per heavy atom. The molecular formula is C18H27NO2. The summed E-state index contributed by atoms with van der Waals surface area (Å²) in [5.41, 5.74) is 3.65. The first kappa shape index (κ1) is 16.1. The van der Waals surface area contributed by atoms with Gasteiger partial charge < -0.3 is 14.5 Å². The molecule has 1 aromatic heterocycles. The summed E-state index contributed by atoms with van der Waals surface area (Å²) in [6.07, 6.45) is 1.11. The van der Waals surface area contributed by atoms with Crippen LogP contribution in [-0.4, -0.2) is 13.7 Å². The smallest absolute Gasteiger partial charge is 0.134 e. The maximum Gasteiger partial charge on any atom is 0.134 e. The van der Waals surface area contributed by atoms with E-state index in [4.69, 9.17) is 9.15 Å². The van der Waals surface area contributed by atoms with Gasteiger partial charge in [0, 0.05) is 18.1 Å². The molecule has 0 aliphatic rings.